The Balaban J connectivity index is -0.000000180. The second-order valence-electron chi connectivity index (χ2n) is 8.90. The van der Waals surface area contributed by atoms with E-state index in [4.69, 9.17) is 0 Å². The van der Waals surface area contributed by atoms with E-state index in [9.17, 15) is 19.2 Å². The summed E-state index contributed by atoms with van der Waals surface area (Å²) in [7, 11) is 25.3. The van der Waals surface area contributed by atoms with Gasteiger partial charge >= 0.3 is 23.9 Å². The van der Waals surface area contributed by atoms with Gasteiger partial charge in [0.05, 0.1) is 28.4 Å². The minimum absolute atomic E-state index is 0.0916. The second kappa shape index (κ2) is 55.0. The quantitative estimate of drug-likeness (QED) is 0.0293. The lowest BCUT2D eigenvalue weighted by molar-refractivity contribution is -0.141. The number of carbonyl (C=O) groups is 4. The van der Waals surface area contributed by atoms with Crippen LogP contribution in [0, 0.1) is 0 Å². The van der Waals surface area contributed by atoms with Gasteiger partial charge in [-0.2, -0.15) is 0 Å². The predicted molar refractivity (Wildman–Crippen MR) is 255 cm³/mol. The fraction of sp³-hybridized carbons (Fsp3) is 0.643. The van der Waals surface area contributed by atoms with Crippen molar-refractivity contribution in [1.29, 1.82) is 0 Å². The molecule has 0 fully saturated rings. The van der Waals surface area contributed by atoms with Crippen LogP contribution in [0.15, 0.2) is 37.5 Å². The normalized spacial score (nSPS) is 10.1. The van der Waals surface area contributed by atoms with Crippen LogP contribution in [0.3, 0.4) is 0 Å². The summed E-state index contributed by atoms with van der Waals surface area (Å²) in [6.45, 7) is 7.28. The highest BCUT2D eigenvalue weighted by atomic mass is 33.4. The molecule has 0 saturated carbocycles. The van der Waals surface area contributed by atoms with Gasteiger partial charge in [0.15, 0.2) is 0 Å². The largest absolute Gasteiger partial charge is 0.469 e. The number of ether oxygens (including phenoxy) is 4. The summed E-state index contributed by atoms with van der Waals surface area (Å²) < 4.78 is 17.7. The Bertz CT molecular complexity index is 1100. The molecule has 8 nitrogen and oxygen atoms in total. The Morgan fingerprint density at radius 1 is 0.660 bits per heavy atom. The van der Waals surface area contributed by atoms with Crippen molar-refractivity contribution in [1.82, 2.24) is 0 Å². The third-order valence-corrected chi connectivity index (χ3v) is 44.7. The molecule has 6 unspecified atom stereocenters. The van der Waals surface area contributed by atoms with Crippen LogP contribution in [0.5, 0.6) is 0 Å². The molecule has 0 aromatic heterocycles. The first-order chi connectivity index (χ1) is 23.9. The summed E-state index contributed by atoms with van der Waals surface area (Å²) in [4.78, 5) is 42.1. The SMILES string of the molecule is C=CC(=O)OC.C=CCCCCCCCC(=O)OC.COC(=O)C=CCCCCCCCC(=O)OC.PPP(P)P(P)P.S=S=S=S=S=S=S. The number of carbonyl (C=O) groups excluding carboxylic acids is 4. The van der Waals surface area contributed by atoms with E-state index in [1.54, 1.807) is 26.6 Å². The fourth-order valence-corrected chi connectivity index (χ4v) is 27.2. The molecule has 0 rings (SSSR count). The minimum atomic E-state index is -0.394. The fourth-order valence-electron chi connectivity index (χ4n) is 2.79. The van der Waals surface area contributed by atoms with Crippen LogP contribution in [-0.4, -0.2) is 52.3 Å². The molecule has 0 radical (unpaired) electrons. The van der Waals surface area contributed by atoms with Crippen molar-refractivity contribution in [2.75, 3.05) is 28.4 Å². The third-order valence-electron chi connectivity index (χ3n) is 5.31. The van der Waals surface area contributed by atoms with Gasteiger partial charge in [-0.3, -0.25) is 9.59 Å². The number of rotatable bonds is 20. The van der Waals surface area contributed by atoms with Gasteiger partial charge < -0.3 is 18.9 Å². The summed E-state index contributed by atoms with van der Waals surface area (Å²) >= 11 is 9.14. The molecular formula is C28H57O8P7S7. The van der Waals surface area contributed by atoms with E-state index in [1.807, 2.05) is 12.2 Å². The number of hydrogen-bond acceptors (Lipinski definition) is 10. The molecule has 0 aliphatic carbocycles. The highest BCUT2D eigenvalue weighted by Crippen LogP contribution is 2.92. The Kier molecular flexibility index (Phi) is 67.0. The highest BCUT2D eigenvalue weighted by molar-refractivity contribution is 8.98. The Labute approximate surface area is 339 Å². The first-order valence-electron chi connectivity index (χ1n) is 15.0. The monoisotopic (exact) mass is 962 g/mol. The molecule has 0 heterocycles. The van der Waals surface area contributed by atoms with Gasteiger partial charge in [-0.05, 0) is 52.5 Å². The molecule has 0 aliphatic heterocycles. The molecule has 0 aliphatic rings. The average Bonchev–Trinajstić information content (AvgIpc) is 3.13. The lowest BCUT2D eigenvalue weighted by atomic mass is 10.1. The van der Waals surface area contributed by atoms with Crippen molar-refractivity contribution < 1.29 is 38.1 Å². The zero-order valence-electron chi connectivity index (χ0n) is 29.5. The van der Waals surface area contributed by atoms with E-state index < -0.39 is 5.97 Å². The first-order valence-corrected chi connectivity index (χ1v) is 34.9. The van der Waals surface area contributed by atoms with E-state index >= 15 is 0 Å². The van der Waals surface area contributed by atoms with Crippen LogP contribution >= 0.6 is 57.6 Å². The van der Waals surface area contributed by atoms with E-state index in [-0.39, 0.29) is 31.9 Å². The zero-order chi connectivity index (χ0) is 39.3. The molecular weight excluding hydrogens is 906 g/mol. The van der Waals surface area contributed by atoms with Crippen LogP contribution in [-0.2, 0) is 105 Å². The summed E-state index contributed by atoms with van der Waals surface area (Å²) in [5, 5.41) is 0. The zero-order valence-corrected chi connectivity index (χ0v) is 42.6. The summed E-state index contributed by atoms with van der Waals surface area (Å²) in [5.74, 6) is -0.921. The lowest BCUT2D eigenvalue weighted by Crippen LogP contribution is -1.99. The molecule has 22 heteroatoms. The van der Waals surface area contributed by atoms with E-state index in [0.717, 1.165) is 71.8 Å². The number of hydrogen-bond donors (Lipinski definition) is 0. The van der Waals surface area contributed by atoms with Gasteiger partial charge in [0, 0.05) is 91.8 Å². The molecule has 0 bridgehead atoms. The standard InChI is InChI=1S/C13H22O4.C11H20O2.C4H6O2.H9P7.S7/c1-16-12(14)10-8-6-4-3-5-7-9-11-13(15)17-2;1-3-4-5-6-7-8-9-10-11(12)13-2;1-3-4(5)6-2;1-5-7(4)6(2)3;1-3-5-7-6-4-2/h8,10H,3-7,9,11H2,1-2H3;3H,1,4-10H2,2H3;3H,1H2,2H3;5H,1-4H2;. The molecule has 0 aromatic rings. The third kappa shape index (κ3) is 64.6. The maximum atomic E-state index is 10.8. The van der Waals surface area contributed by atoms with Crippen molar-refractivity contribution in [2.45, 2.75) is 89.9 Å². The van der Waals surface area contributed by atoms with Crippen molar-refractivity contribution in [3.8, 4) is 0 Å². The number of unbranched alkanes of at least 4 members (excludes halogenated alkanes) is 10. The van der Waals surface area contributed by atoms with Crippen molar-refractivity contribution in [3.63, 3.8) is 0 Å². The van der Waals surface area contributed by atoms with Crippen molar-refractivity contribution in [3.05, 3.63) is 37.5 Å². The van der Waals surface area contributed by atoms with Crippen LogP contribution in [0.1, 0.15) is 89.9 Å². The van der Waals surface area contributed by atoms with Gasteiger partial charge in [-0.1, -0.05) is 65.2 Å². The van der Waals surface area contributed by atoms with Gasteiger partial charge in [-0.15, -0.1) is 42.3 Å². The van der Waals surface area contributed by atoms with Crippen LogP contribution in [0.4, 0.5) is 0 Å². The summed E-state index contributed by atoms with van der Waals surface area (Å²) in [6, 6.07) is 0. The minimum Gasteiger partial charge on any atom is -0.469 e. The highest BCUT2D eigenvalue weighted by Gasteiger charge is 2.01. The topological polar surface area (TPSA) is 105 Å². The second-order valence-corrected chi connectivity index (χ2v) is 39.9. The predicted octanol–water partition coefficient (Wildman–Crippen LogP) is 9.64. The maximum Gasteiger partial charge on any atom is 0.330 e. The molecule has 0 spiro atoms. The van der Waals surface area contributed by atoms with E-state index in [1.165, 1.54) is 71.5 Å². The molecule has 0 N–H and O–H groups in total. The molecule has 0 amide bonds. The van der Waals surface area contributed by atoms with Gasteiger partial charge in [0.2, 0.25) is 0 Å². The van der Waals surface area contributed by atoms with Crippen LogP contribution in [0.2, 0.25) is 0 Å². The Hall–Kier alpha value is 1.65. The maximum absolute atomic E-state index is 10.8. The van der Waals surface area contributed by atoms with Crippen LogP contribution in [0.25, 0.3) is 0 Å². The summed E-state index contributed by atoms with van der Waals surface area (Å²) in [6.07, 6.45) is 20.4. The molecule has 6 atom stereocenters. The molecule has 294 valence electrons. The average molecular weight is 963 g/mol. The number of allylic oxidation sites excluding steroid dienone is 2. The number of methoxy groups -OCH3 is 4. The summed E-state index contributed by atoms with van der Waals surface area (Å²) in [5.41, 5.74) is 0. The van der Waals surface area contributed by atoms with Gasteiger partial charge in [0.1, 0.15) is 0 Å². The first kappa shape index (κ1) is 60.9. The van der Waals surface area contributed by atoms with Crippen molar-refractivity contribution in [2.24, 2.45) is 0 Å². The van der Waals surface area contributed by atoms with E-state index in [0.29, 0.717) is 12.8 Å². The van der Waals surface area contributed by atoms with Crippen molar-refractivity contribution >= 4 is 148 Å². The Morgan fingerprint density at radius 2 is 1.08 bits per heavy atom. The van der Waals surface area contributed by atoms with E-state index in [2.05, 4.69) is 90.2 Å². The molecule has 0 aromatic carbocycles. The smallest absolute Gasteiger partial charge is 0.330 e. The molecule has 0 saturated heterocycles. The van der Waals surface area contributed by atoms with Crippen LogP contribution < -0.4 is 0 Å². The Morgan fingerprint density at radius 3 is 1.38 bits per heavy atom. The lowest BCUT2D eigenvalue weighted by Gasteiger charge is -2.11. The van der Waals surface area contributed by atoms with Gasteiger partial charge in [0.25, 0.3) is 0 Å². The van der Waals surface area contributed by atoms with Gasteiger partial charge in [-0.25, -0.2) is 9.59 Å². The molecule has 50 heavy (non-hydrogen) atoms. The number of esters is 4.